The maximum absolute atomic E-state index is 12.8. The Morgan fingerprint density at radius 2 is 2.00 bits per heavy atom. The van der Waals surface area contributed by atoms with E-state index in [4.69, 9.17) is 14.2 Å². The first-order chi connectivity index (χ1) is 12.4. The summed E-state index contributed by atoms with van der Waals surface area (Å²) < 4.78 is 16.4. The van der Waals surface area contributed by atoms with Crippen molar-refractivity contribution in [3.63, 3.8) is 0 Å². The molecule has 0 aromatic heterocycles. The van der Waals surface area contributed by atoms with Gasteiger partial charge in [0, 0.05) is 16.0 Å². The zero-order chi connectivity index (χ0) is 18.9. The molecular weight excluding hydrogens is 404 g/mol. The molecule has 2 unspecified atom stereocenters. The molecule has 0 radical (unpaired) electrons. The van der Waals surface area contributed by atoms with Crippen LogP contribution in [0.1, 0.15) is 44.1 Å². The van der Waals surface area contributed by atoms with Crippen molar-refractivity contribution >= 4 is 33.8 Å². The topological polar surface area (TPSA) is 78.9 Å². The Labute approximate surface area is 160 Å². The predicted molar refractivity (Wildman–Crippen MR) is 95.6 cm³/mol. The molecule has 0 saturated heterocycles. The molecule has 2 atom stereocenters. The number of fused-ring (bicyclic) bond motifs is 1. The lowest BCUT2D eigenvalue weighted by atomic mass is 9.64. The minimum atomic E-state index is -1.19. The molecule has 1 saturated carbocycles. The number of ether oxygens (including phenoxy) is 3. The Kier molecular flexibility index (Phi) is 5.37. The van der Waals surface area contributed by atoms with Gasteiger partial charge in [-0.15, -0.1) is 0 Å². The number of methoxy groups -OCH3 is 1. The summed E-state index contributed by atoms with van der Waals surface area (Å²) in [7, 11) is 1.34. The zero-order valence-corrected chi connectivity index (χ0v) is 16.3. The Morgan fingerprint density at radius 1 is 1.31 bits per heavy atom. The monoisotopic (exact) mass is 424 g/mol. The molecule has 2 aliphatic rings. The van der Waals surface area contributed by atoms with Gasteiger partial charge in [0.1, 0.15) is 5.75 Å². The van der Waals surface area contributed by atoms with Gasteiger partial charge >= 0.3 is 17.9 Å². The van der Waals surface area contributed by atoms with Crippen molar-refractivity contribution in [3.8, 4) is 5.75 Å². The molecule has 7 heteroatoms. The van der Waals surface area contributed by atoms with Gasteiger partial charge in [-0.3, -0.25) is 14.4 Å². The third kappa shape index (κ3) is 3.02. The second kappa shape index (κ2) is 7.39. The van der Waals surface area contributed by atoms with Crippen LogP contribution in [-0.2, 0) is 23.9 Å². The van der Waals surface area contributed by atoms with Crippen LogP contribution in [0.2, 0.25) is 0 Å². The summed E-state index contributed by atoms with van der Waals surface area (Å²) in [5, 5.41) is 0. The molecule has 1 aliphatic heterocycles. The molecular formula is C19H21BrO6. The fourth-order valence-electron chi connectivity index (χ4n) is 4.28. The van der Waals surface area contributed by atoms with E-state index in [9.17, 15) is 14.4 Å². The highest BCUT2D eigenvalue weighted by molar-refractivity contribution is 9.10. The van der Waals surface area contributed by atoms with Crippen LogP contribution in [0.5, 0.6) is 5.75 Å². The molecule has 0 N–H and O–H groups in total. The molecule has 0 spiro atoms. The predicted octanol–water partition coefficient (Wildman–Crippen LogP) is 3.36. The van der Waals surface area contributed by atoms with E-state index in [1.165, 1.54) is 7.11 Å². The van der Waals surface area contributed by atoms with E-state index in [0.29, 0.717) is 24.2 Å². The van der Waals surface area contributed by atoms with Crippen LogP contribution in [0.25, 0.3) is 0 Å². The van der Waals surface area contributed by atoms with E-state index >= 15 is 0 Å². The average Bonchev–Trinajstić information content (AvgIpc) is 3.11. The number of carbonyl (C=O) groups excluding carboxylic acids is 3. The molecule has 1 aromatic rings. The van der Waals surface area contributed by atoms with Crippen LogP contribution in [0.15, 0.2) is 22.7 Å². The van der Waals surface area contributed by atoms with Gasteiger partial charge in [0.2, 0.25) is 0 Å². The standard InChI is InChI=1S/C19H21BrO6/c1-3-25-16(21)14-15(19(18(23)24-2)8-4-5-9-19)12-10-11(20)6-7-13(12)26-17(14)22/h6-7,10,14-15H,3-5,8-9H2,1-2H3. The van der Waals surface area contributed by atoms with Crippen LogP contribution in [0.3, 0.4) is 0 Å². The number of carbonyl (C=O) groups is 3. The van der Waals surface area contributed by atoms with E-state index < -0.39 is 35.2 Å². The molecule has 6 nitrogen and oxygen atoms in total. The van der Waals surface area contributed by atoms with Crippen LogP contribution >= 0.6 is 15.9 Å². The summed E-state index contributed by atoms with van der Waals surface area (Å²) in [4.78, 5) is 38.2. The molecule has 3 rings (SSSR count). The highest BCUT2D eigenvalue weighted by Crippen LogP contribution is 2.56. The van der Waals surface area contributed by atoms with Gasteiger partial charge in [0.25, 0.3) is 0 Å². The van der Waals surface area contributed by atoms with Crippen molar-refractivity contribution in [1.82, 2.24) is 0 Å². The lowest BCUT2D eigenvalue weighted by molar-refractivity contribution is -0.166. The molecule has 1 aliphatic carbocycles. The maximum atomic E-state index is 12.8. The third-order valence-electron chi connectivity index (χ3n) is 5.33. The van der Waals surface area contributed by atoms with E-state index in [1.807, 2.05) is 6.07 Å². The van der Waals surface area contributed by atoms with E-state index in [1.54, 1.807) is 19.1 Å². The lowest BCUT2D eigenvalue weighted by Crippen LogP contribution is -2.48. The molecule has 140 valence electrons. The number of hydrogen-bond acceptors (Lipinski definition) is 6. The highest BCUT2D eigenvalue weighted by Gasteiger charge is 2.58. The number of rotatable bonds is 4. The maximum Gasteiger partial charge on any atom is 0.326 e. The molecule has 1 aromatic carbocycles. The van der Waals surface area contributed by atoms with Crippen LogP contribution < -0.4 is 4.74 Å². The van der Waals surface area contributed by atoms with Crippen molar-refractivity contribution in [1.29, 1.82) is 0 Å². The van der Waals surface area contributed by atoms with Crippen molar-refractivity contribution in [2.45, 2.75) is 38.5 Å². The van der Waals surface area contributed by atoms with Gasteiger partial charge in [0.15, 0.2) is 5.92 Å². The number of halogens is 1. The quantitative estimate of drug-likeness (QED) is 0.418. The van der Waals surface area contributed by atoms with Crippen LogP contribution in [0.4, 0.5) is 0 Å². The Hall–Kier alpha value is -1.89. The smallest absolute Gasteiger partial charge is 0.326 e. The van der Waals surface area contributed by atoms with Gasteiger partial charge in [-0.05, 0) is 38.0 Å². The zero-order valence-electron chi connectivity index (χ0n) is 14.7. The lowest BCUT2D eigenvalue weighted by Gasteiger charge is -2.41. The SMILES string of the molecule is CCOC(=O)C1C(=O)Oc2ccc(Br)cc2C1C1(C(=O)OC)CCCC1. The van der Waals surface area contributed by atoms with Crippen molar-refractivity contribution in [3.05, 3.63) is 28.2 Å². The summed E-state index contributed by atoms with van der Waals surface area (Å²) in [5.74, 6) is -3.23. The van der Waals surface area contributed by atoms with Crippen molar-refractivity contribution in [2.75, 3.05) is 13.7 Å². The van der Waals surface area contributed by atoms with Crippen molar-refractivity contribution in [2.24, 2.45) is 11.3 Å². The Balaban J connectivity index is 2.20. The molecule has 0 amide bonds. The largest absolute Gasteiger partial charge is 0.469 e. The molecule has 0 bridgehead atoms. The first kappa shape index (κ1) is 18.9. The van der Waals surface area contributed by atoms with Gasteiger partial charge in [-0.25, -0.2) is 0 Å². The van der Waals surface area contributed by atoms with E-state index in [0.717, 1.165) is 17.3 Å². The first-order valence-electron chi connectivity index (χ1n) is 8.71. The third-order valence-corrected chi connectivity index (χ3v) is 5.82. The van der Waals surface area contributed by atoms with Crippen molar-refractivity contribution < 1.29 is 28.6 Å². The summed E-state index contributed by atoms with van der Waals surface area (Å²) in [6.45, 7) is 1.82. The highest BCUT2D eigenvalue weighted by atomic mass is 79.9. The van der Waals surface area contributed by atoms with Crippen LogP contribution in [0, 0.1) is 11.3 Å². The van der Waals surface area contributed by atoms with Crippen LogP contribution in [-0.4, -0.2) is 31.6 Å². The van der Waals surface area contributed by atoms with Gasteiger partial charge in [-0.2, -0.15) is 0 Å². The van der Waals surface area contributed by atoms with Gasteiger partial charge < -0.3 is 14.2 Å². The van der Waals surface area contributed by atoms with E-state index in [-0.39, 0.29) is 6.61 Å². The normalized spacial score (nSPS) is 23.7. The average molecular weight is 425 g/mol. The summed E-state index contributed by atoms with van der Waals surface area (Å²) >= 11 is 3.43. The van der Waals surface area contributed by atoms with Gasteiger partial charge in [0.05, 0.1) is 19.1 Å². The molecule has 1 fully saturated rings. The number of hydrogen-bond donors (Lipinski definition) is 0. The fraction of sp³-hybridized carbons (Fsp3) is 0.526. The van der Waals surface area contributed by atoms with E-state index in [2.05, 4.69) is 15.9 Å². The first-order valence-corrected chi connectivity index (χ1v) is 9.50. The minimum Gasteiger partial charge on any atom is -0.469 e. The fourth-order valence-corrected chi connectivity index (χ4v) is 4.65. The molecule has 26 heavy (non-hydrogen) atoms. The second-order valence-corrected chi connectivity index (χ2v) is 7.58. The number of benzene rings is 1. The summed E-state index contributed by atoms with van der Waals surface area (Å²) in [6.07, 6.45) is 2.78. The molecule has 1 heterocycles. The second-order valence-electron chi connectivity index (χ2n) is 6.67. The summed E-state index contributed by atoms with van der Waals surface area (Å²) in [5.41, 5.74) is -0.287. The Morgan fingerprint density at radius 3 is 2.62 bits per heavy atom. The number of esters is 3. The van der Waals surface area contributed by atoms with Gasteiger partial charge in [-0.1, -0.05) is 28.8 Å². The summed E-state index contributed by atoms with van der Waals surface area (Å²) in [6, 6.07) is 5.24. The Bertz CT molecular complexity index is 738. The minimum absolute atomic E-state index is 0.145.